The summed E-state index contributed by atoms with van der Waals surface area (Å²) in [6.07, 6.45) is 0.432. The molecule has 0 bridgehead atoms. The van der Waals surface area contributed by atoms with Crippen LogP contribution in [0.3, 0.4) is 0 Å². The van der Waals surface area contributed by atoms with Crippen LogP contribution in [0.25, 0.3) is 10.4 Å². The summed E-state index contributed by atoms with van der Waals surface area (Å²) >= 11 is 0. The van der Waals surface area contributed by atoms with Crippen LogP contribution in [0.5, 0.6) is 0 Å². The molecule has 0 N–H and O–H groups in total. The molecule has 0 saturated carbocycles. The summed E-state index contributed by atoms with van der Waals surface area (Å²) in [6.45, 7) is 5.75. The van der Waals surface area contributed by atoms with E-state index in [1.54, 1.807) is 20.8 Å². The first kappa shape index (κ1) is 13.5. The molecule has 82 valence electrons. The quantitative estimate of drug-likeness (QED) is 0.286. The number of rotatable bonds is 7. The predicted octanol–water partition coefficient (Wildman–Crippen LogP) is 3.30. The fraction of sp³-hybridized carbons (Fsp3) is 1.00. The van der Waals surface area contributed by atoms with Crippen molar-refractivity contribution < 1.29 is 13.6 Å². The Hall–Kier alpha value is -0.540. The van der Waals surface area contributed by atoms with E-state index >= 15 is 0 Å². The zero-order valence-corrected chi connectivity index (χ0v) is 9.61. The zero-order chi connectivity index (χ0) is 11.0. The highest BCUT2D eigenvalue weighted by Gasteiger charge is 2.33. The van der Waals surface area contributed by atoms with Crippen LogP contribution < -0.4 is 0 Å². The van der Waals surface area contributed by atoms with Crippen molar-refractivity contribution in [1.29, 1.82) is 0 Å². The average molecular weight is 221 g/mol. The Morgan fingerprint density at radius 3 is 2.14 bits per heavy atom. The zero-order valence-electron chi connectivity index (χ0n) is 8.71. The van der Waals surface area contributed by atoms with E-state index in [2.05, 4.69) is 10.0 Å². The Labute approximate surface area is 83.8 Å². The van der Waals surface area contributed by atoms with Crippen molar-refractivity contribution in [2.75, 3.05) is 13.2 Å². The van der Waals surface area contributed by atoms with E-state index in [0.717, 1.165) is 0 Å². The molecule has 0 aliphatic heterocycles. The molecule has 0 spiro atoms. The lowest BCUT2D eigenvalue weighted by atomic mass is 10.5. The maximum Gasteiger partial charge on any atom is 0.339 e. The highest BCUT2D eigenvalue weighted by molar-refractivity contribution is 7.54. The molecule has 1 unspecified atom stereocenters. The smallest absolute Gasteiger partial charge is 0.309 e. The second kappa shape index (κ2) is 6.85. The largest absolute Gasteiger partial charge is 0.339 e. The van der Waals surface area contributed by atoms with Gasteiger partial charge in [-0.15, -0.1) is 0 Å². The monoisotopic (exact) mass is 221 g/mol. The minimum absolute atomic E-state index is 0.273. The van der Waals surface area contributed by atoms with E-state index in [1.807, 2.05) is 0 Å². The van der Waals surface area contributed by atoms with Crippen molar-refractivity contribution >= 4 is 7.60 Å². The number of azide groups is 1. The van der Waals surface area contributed by atoms with Crippen molar-refractivity contribution in [3.05, 3.63) is 10.4 Å². The number of nitrogens with zero attached hydrogens (tertiary/aromatic N) is 3. The van der Waals surface area contributed by atoms with Gasteiger partial charge < -0.3 is 9.05 Å². The minimum Gasteiger partial charge on any atom is -0.309 e. The van der Waals surface area contributed by atoms with Crippen LogP contribution in [0.15, 0.2) is 5.11 Å². The molecule has 0 aliphatic carbocycles. The molecule has 0 aromatic heterocycles. The molecule has 0 heterocycles. The Balaban J connectivity index is 4.74. The van der Waals surface area contributed by atoms with Crippen molar-refractivity contribution in [2.24, 2.45) is 5.11 Å². The Morgan fingerprint density at radius 2 is 1.86 bits per heavy atom. The van der Waals surface area contributed by atoms with Crippen LogP contribution >= 0.6 is 7.60 Å². The van der Waals surface area contributed by atoms with Gasteiger partial charge in [0.1, 0.15) is 5.78 Å². The Kier molecular flexibility index (Phi) is 6.58. The van der Waals surface area contributed by atoms with Gasteiger partial charge in [-0.1, -0.05) is 12.0 Å². The average Bonchev–Trinajstić information content (AvgIpc) is 2.14. The molecular formula is C7H16N3O3P. The van der Waals surface area contributed by atoms with E-state index in [4.69, 9.17) is 14.6 Å². The fourth-order valence-corrected chi connectivity index (χ4v) is 2.76. The number of hydrogen-bond donors (Lipinski definition) is 0. The Bertz CT molecular complexity index is 243. The molecule has 0 aromatic carbocycles. The Morgan fingerprint density at radius 1 is 1.36 bits per heavy atom. The lowest BCUT2D eigenvalue weighted by molar-refractivity contribution is 0.211. The fourth-order valence-electron chi connectivity index (χ4n) is 0.997. The standard InChI is InChI=1S/C7H16N3O3P/c1-4-7(9-10-8)14(11,12-5-2)13-6-3/h7H,4-6H2,1-3H3. The van der Waals surface area contributed by atoms with E-state index in [1.165, 1.54) is 0 Å². The summed E-state index contributed by atoms with van der Waals surface area (Å²) in [7, 11) is -3.27. The summed E-state index contributed by atoms with van der Waals surface area (Å²) < 4.78 is 22.1. The van der Waals surface area contributed by atoms with Gasteiger partial charge in [-0.25, -0.2) is 0 Å². The third-order valence-electron chi connectivity index (χ3n) is 1.53. The summed E-state index contributed by atoms with van der Waals surface area (Å²) in [4.78, 5) is 2.63. The third-order valence-corrected chi connectivity index (χ3v) is 3.97. The van der Waals surface area contributed by atoms with Gasteiger partial charge in [0.15, 0.2) is 0 Å². The lowest BCUT2D eigenvalue weighted by Gasteiger charge is -2.21. The topological polar surface area (TPSA) is 84.3 Å². The summed E-state index contributed by atoms with van der Waals surface area (Å²) in [5, 5.41) is 3.42. The molecule has 0 saturated heterocycles. The van der Waals surface area contributed by atoms with Gasteiger partial charge in [-0.2, -0.15) is 0 Å². The first-order valence-electron chi connectivity index (χ1n) is 4.57. The molecule has 0 radical (unpaired) electrons. The van der Waals surface area contributed by atoms with E-state index in [9.17, 15) is 4.57 Å². The molecule has 6 nitrogen and oxygen atoms in total. The molecular weight excluding hydrogens is 205 g/mol. The molecule has 0 aliphatic rings. The van der Waals surface area contributed by atoms with Crippen LogP contribution in [0, 0.1) is 0 Å². The van der Waals surface area contributed by atoms with E-state index in [-0.39, 0.29) is 13.2 Å². The van der Waals surface area contributed by atoms with Gasteiger partial charge >= 0.3 is 7.60 Å². The first-order valence-corrected chi connectivity index (χ1v) is 6.18. The highest BCUT2D eigenvalue weighted by atomic mass is 31.2. The normalized spacial score (nSPS) is 13.4. The van der Waals surface area contributed by atoms with Crippen LogP contribution in [0.4, 0.5) is 0 Å². The molecule has 0 rings (SSSR count). The molecule has 7 heteroatoms. The SMILES string of the molecule is CCOP(=O)(OCC)C(CC)N=[N+]=[N-]. The summed E-state index contributed by atoms with van der Waals surface area (Å²) in [5.41, 5.74) is 8.29. The first-order chi connectivity index (χ1) is 6.64. The van der Waals surface area contributed by atoms with Crippen LogP contribution in [-0.4, -0.2) is 19.0 Å². The molecule has 0 amide bonds. The number of hydrogen-bond acceptors (Lipinski definition) is 4. The van der Waals surface area contributed by atoms with Crippen molar-refractivity contribution in [2.45, 2.75) is 33.0 Å². The van der Waals surface area contributed by atoms with Crippen molar-refractivity contribution in [1.82, 2.24) is 0 Å². The van der Waals surface area contributed by atoms with Gasteiger partial charge in [-0.05, 0) is 25.8 Å². The van der Waals surface area contributed by atoms with Crippen molar-refractivity contribution in [3.8, 4) is 0 Å². The maximum atomic E-state index is 12.0. The molecule has 0 aromatic rings. The second-order valence-electron chi connectivity index (χ2n) is 2.47. The van der Waals surface area contributed by atoms with Gasteiger partial charge in [0.2, 0.25) is 0 Å². The molecule has 0 fully saturated rings. The molecule has 1 atom stereocenters. The van der Waals surface area contributed by atoms with Gasteiger partial charge in [0.05, 0.1) is 13.2 Å². The van der Waals surface area contributed by atoms with E-state index < -0.39 is 13.4 Å². The lowest BCUT2D eigenvalue weighted by Crippen LogP contribution is -2.09. The van der Waals surface area contributed by atoms with Gasteiger partial charge in [-0.3, -0.25) is 4.57 Å². The van der Waals surface area contributed by atoms with Gasteiger partial charge in [0.25, 0.3) is 0 Å². The predicted molar refractivity (Wildman–Crippen MR) is 54.1 cm³/mol. The van der Waals surface area contributed by atoms with Crippen LogP contribution in [0.1, 0.15) is 27.2 Å². The van der Waals surface area contributed by atoms with E-state index in [0.29, 0.717) is 6.42 Å². The highest BCUT2D eigenvalue weighted by Crippen LogP contribution is 2.54. The van der Waals surface area contributed by atoms with Crippen LogP contribution in [-0.2, 0) is 13.6 Å². The maximum absolute atomic E-state index is 12.0. The minimum atomic E-state index is -3.27. The van der Waals surface area contributed by atoms with Crippen LogP contribution in [0.2, 0.25) is 0 Å². The second-order valence-corrected chi connectivity index (χ2v) is 4.66. The third kappa shape index (κ3) is 3.68. The van der Waals surface area contributed by atoms with Crippen molar-refractivity contribution in [3.63, 3.8) is 0 Å². The van der Waals surface area contributed by atoms with Gasteiger partial charge in [0, 0.05) is 4.91 Å². The summed E-state index contributed by atoms with van der Waals surface area (Å²) in [5.74, 6) is -0.729. The molecule has 14 heavy (non-hydrogen) atoms. The summed E-state index contributed by atoms with van der Waals surface area (Å²) in [6, 6.07) is 0.